The van der Waals surface area contributed by atoms with Gasteiger partial charge in [-0.05, 0) is 71.8 Å². The second-order valence-corrected chi connectivity index (χ2v) is 10.4. The molecular formula is C29H34FIN2O8. The van der Waals surface area contributed by atoms with Gasteiger partial charge in [0.25, 0.3) is 0 Å². The first kappa shape index (κ1) is 32.4. The maximum absolute atomic E-state index is 13.8. The number of methoxy groups -OCH3 is 1. The van der Waals surface area contributed by atoms with Crippen molar-refractivity contribution in [2.45, 2.75) is 38.0 Å². The molecule has 41 heavy (non-hydrogen) atoms. The molecule has 0 heterocycles. The van der Waals surface area contributed by atoms with Gasteiger partial charge in [0, 0.05) is 37.3 Å². The minimum atomic E-state index is -1.28. The average Bonchev–Trinajstić information content (AvgIpc) is 2.97. The summed E-state index contributed by atoms with van der Waals surface area (Å²) in [5, 5.41) is 23.4. The van der Waals surface area contributed by atoms with Crippen molar-refractivity contribution in [3.63, 3.8) is 0 Å². The summed E-state index contributed by atoms with van der Waals surface area (Å²) in [6.07, 6.45) is 0.0634. The van der Waals surface area contributed by atoms with Gasteiger partial charge in [-0.15, -0.1) is 0 Å². The second-order valence-electron chi connectivity index (χ2n) is 9.27. The Morgan fingerprint density at radius 3 is 2.71 bits per heavy atom. The number of hydrogen-bond donors (Lipinski definition) is 3. The standard InChI is InChI=1S/C29H34FIN2O8/c1-3-40-17-26(36)33(9-7-18-5-4-6-21(30)11-18)23-14-20(29(38)32-8-10-34)15-24(27(23)37)41-28-22(31)12-19(16-35)13-25(28)39-2/h4-6,11-13,15-16,23-24,27,34,37H,3,7-10,14,17H2,1-2H3,(H,32,38)/t23-,24+,27+/m1/s1. The monoisotopic (exact) mass is 684 g/mol. The van der Waals surface area contributed by atoms with E-state index in [0.29, 0.717) is 34.0 Å². The molecule has 0 unspecified atom stereocenters. The number of carbonyl (C=O) groups is 3. The molecule has 3 atom stereocenters. The Hall–Kier alpha value is -3.07. The number of rotatable bonds is 14. The van der Waals surface area contributed by atoms with E-state index in [2.05, 4.69) is 5.32 Å². The number of nitrogens with zero attached hydrogens (tertiary/aromatic N) is 1. The molecule has 2 aromatic rings. The molecule has 10 nitrogen and oxygen atoms in total. The number of benzene rings is 2. The SMILES string of the molecule is CCOCC(=O)N(CCc1cccc(F)c1)[C@@H]1CC(C(=O)NCCO)=C[C@H](Oc2c(I)cc(C=O)cc2OC)[C@H]1O. The molecule has 0 aliphatic heterocycles. The average molecular weight is 684 g/mol. The smallest absolute Gasteiger partial charge is 0.248 e. The van der Waals surface area contributed by atoms with Crippen LogP contribution in [0.25, 0.3) is 0 Å². The first-order valence-electron chi connectivity index (χ1n) is 13.1. The Kier molecular flexibility index (Phi) is 12.5. The number of hydrogen-bond acceptors (Lipinski definition) is 8. The van der Waals surface area contributed by atoms with Crippen LogP contribution in [-0.4, -0.2) is 91.5 Å². The zero-order valence-corrected chi connectivity index (χ0v) is 25.0. The number of amides is 2. The third-order valence-electron chi connectivity index (χ3n) is 6.54. The first-order valence-corrected chi connectivity index (χ1v) is 14.2. The number of ether oxygens (including phenoxy) is 3. The fraction of sp³-hybridized carbons (Fsp3) is 0.414. The number of aliphatic hydroxyl groups excluding tert-OH is 2. The van der Waals surface area contributed by atoms with Crippen molar-refractivity contribution in [3.05, 3.63) is 68.6 Å². The quantitative estimate of drug-likeness (QED) is 0.204. The minimum Gasteiger partial charge on any atom is -0.493 e. The van der Waals surface area contributed by atoms with Crippen LogP contribution in [0.3, 0.4) is 0 Å². The molecule has 3 N–H and O–H groups in total. The highest BCUT2D eigenvalue weighted by Crippen LogP contribution is 2.37. The van der Waals surface area contributed by atoms with Crippen LogP contribution in [0.5, 0.6) is 11.5 Å². The summed E-state index contributed by atoms with van der Waals surface area (Å²) in [5.41, 5.74) is 1.27. The summed E-state index contributed by atoms with van der Waals surface area (Å²) in [5.74, 6) is -0.795. The highest BCUT2D eigenvalue weighted by Gasteiger charge is 2.41. The van der Waals surface area contributed by atoms with Crippen molar-refractivity contribution in [1.29, 1.82) is 0 Å². The predicted molar refractivity (Wildman–Crippen MR) is 156 cm³/mol. The van der Waals surface area contributed by atoms with Crippen molar-refractivity contribution in [2.75, 3.05) is 40.0 Å². The van der Waals surface area contributed by atoms with Gasteiger partial charge in [-0.25, -0.2) is 4.39 Å². The topological polar surface area (TPSA) is 135 Å². The fourth-order valence-corrected chi connectivity index (χ4v) is 5.28. The van der Waals surface area contributed by atoms with Crippen molar-refractivity contribution in [1.82, 2.24) is 10.2 Å². The molecule has 0 saturated heterocycles. The van der Waals surface area contributed by atoms with E-state index < -0.39 is 35.9 Å². The Labute approximate surface area is 251 Å². The lowest BCUT2D eigenvalue weighted by Crippen LogP contribution is -2.56. The molecule has 0 saturated carbocycles. The van der Waals surface area contributed by atoms with Crippen LogP contribution < -0.4 is 14.8 Å². The summed E-state index contributed by atoms with van der Waals surface area (Å²) in [6.45, 7) is 1.66. The van der Waals surface area contributed by atoms with Gasteiger partial charge in [-0.2, -0.15) is 0 Å². The lowest BCUT2D eigenvalue weighted by atomic mass is 9.88. The van der Waals surface area contributed by atoms with Crippen LogP contribution in [0.2, 0.25) is 0 Å². The van der Waals surface area contributed by atoms with Crippen LogP contribution in [-0.2, 0) is 20.7 Å². The summed E-state index contributed by atoms with van der Waals surface area (Å²) in [6, 6.07) is 8.20. The third-order valence-corrected chi connectivity index (χ3v) is 7.34. The Balaban J connectivity index is 1.99. The maximum Gasteiger partial charge on any atom is 0.248 e. The molecule has 0 aromatic heterocycles. The van der Waals surface area contributed by atoms with Gasteiger partial charge in [0.15, 0.2) is 11.5 Å². The molecule has 3 rings (SSSR count). The van der Waals surface area contributed by atoms with Crippen LogP contribution in [0.1, 0.15) is 29.3 Å². The molecule has 1 aliphatic carbocycles. The molecule has 222 valence electrons. The Morgan fingerprint density at radius 2 is 2.05 bits per heavy atom. The van der Waals surface area contributed by atoms with E-state index in [0.717, 1.165) is 0 Å². The zero-order valence-electron chi connectivity index (χ0n) is 22.8. The lowest BCUT2D eigenvalue weighted by Gasteiger charge is -2.40. The molecule has 2 amide bonds. The van der Waals surface area contributed by atoms with Gasteiger partial charge in [0.05, 0.1) is 23.3 Å². The molecule has 0 radical (unpaired) electrons. The normalized spacial score (nSPS) is 18.3. The first-order chi connectivity index (χ1) is 19.7. The fourth-order valence-electron chi connectivity index (χ4n) is 4.53. The second kappa shape index (κ2) is 15.8. The van der Waals surface area contributed by atoms with E-state index in [1.165, 1.54) is 36.3 Å². The van der Waals surface area contributed by atoms with Crippen LogP contribution in [0.15, 0.2) is 48.0 Å². The van der Waals surface area contributed by atoms with E-state index in [9.17, 15) is 29.0 Å². The number of aldehydes is 1. The van der Waals surface area contributed by atoms with Crippen LogP contribution in [0, 0.1) is 9.39 Å². The van der Waals surface area contributed by atoms with Gasteiger partial charge in [-0.3, -0.25) is 14.4 Å². The van der Waals surface area contributed by atoms with Crippen molar-refractivity contribution >= 4 is 40.7 Å². The predicted octanol–water partition coefficient (Wildman–Crippen LogP) is 2.27. The summed E-state index contributed by atoms with van der Waals surface area (Å²) < 4.78 is 31.3. The summed E-state index contributed by atoms with van der Waals surface area (Å²) in [4.78, 5) is 39.1. The molecular weight excluding hydrogens is 650 g/mol. The third kappa shape index (κ3) is 8.71. The molecule has 0 spiro atoms. The van der Waals surface area contributed by atoms with Gasteiger partial charge in [0.1, 0.15) is 30.9 Å². The summed E-state index contributed by atoms with van der Waals surface area (Å²) >= 11 is 1.98. The molecule has 0 bridgehead atoms. The molecule has 1 aliphatic rings. The van der Waals surface area contributed by atoms with E-state index >= 15 is 0 Å². The number of carbonyl (C=O) groups excluding carboxylic acids is 3. The zero-order chi connectivity index (χ0) is 29.9. The van der Waals surface area contributed by atoms with Gasteiger partial charge in [0.2, 0.25) is 11.8 Å². The number of aliphatic hydroxyl groups is 2. The van der Waals surface area contributed by atoms with Crippen LogP contribution >= 0.6 is 22.6 Å². The van der Waals surface area contributed by atoms with Gasteiger partial charge in [-0.1, -0.05) is 12.1 Å². The van der Waals surface area contributed by atoms with Gasteiger partial charge >= 0.3 is 0 Å². The molecule has 0 fully saturated rings. The Bertz CT molecular complexity index is 1260. The van der Waals surface area contributed by atoms with Gasteiger partial charge < -0.3 is 34.6 Å². The lowest BCUT2D eigenvalue weighted by molar-refractivity contribution is -0.143. The summed E-state index contributed by atoms with van der Waals surface area (Å²) in [7, 11) is 1.41. The largest absolute Gasteiger partial charge is 0.493 e. The van der Waals surface area contributed by atoms with Crippen molar-refractivity contribution in [2.24, 2.45) is 0 Å². The molecule has 2 aromatic carbocycles. The minimum absolute atomic E-state index is 0.00237. The van der Waals surface area contributed by atoms with Crippen LogP contribution in [0.4, 0.5) is 4.39 Å². The Morgan fingerprint density at radius 1 is 1.27 bits per heavy atom. The number of nitrogens with one attached hydrogen (secondary N) is 1. The highest BCUT2D eigenvalue weighted by atomic mass is 127. The highest BCUT2D eigenvalue weighted by molar-refractivity contribution is 14.1. The van der Waals surface area contributed by atoms with E-state index in [1.54, 1.807) is 25.1 Å². The van der Waals surface area contributed by atoms with E-state index in [1.807, 2.05) is 22.6 Å². The van der Waals surface area contributed by atoms with E-state index in [-0.39, 0.29) is 49.8 Å². The molecule has 12 heteroatoms. The van der Waals surface area contributed by atoms with Crippen molar-refractivity contribution < 1.29 is 43.2 Å². The van der Waals surface area contributed by atoms with E-state index in [4.69, 9.17) is 14.2 Å². The number of halogens is 2. The maximum atomic E-state index is 13.8. The van der Waals surface area contributed by atoms with Crippen molar-refractivity contribution in [3.8, 4) is 11.5 Å².